The van der Waals surface area contributed by atoms with E-state index in [4.69, 9.17) is 12.2 Å². The average molecular weight is 399 g/mol. The molecule has 0 aliphatic rings. The number of H-pyrrole nitrogens is 2. The molecule has 2 N–H and O–H groups in total. The fourth-order valence-corrected chi connectivity index (χ4v) is 3.86. The van der Waals surface area contributed by atoms with Crippen molar-refractivity contribution in [3.8, 4) is 5.69 Å². The van der Waals surface area contributed by atoms with Gasteiger partial charge in [-0.25, -0.2) is 0 Å². The van der Waals surface area contributed by atoms with E-state index >= 15 is 0 Å². The van der Waals surface area contributed by atoms with Crippen LogP contribution in [0.5, 0.6) is 0 Å². The van der Waals surface area contributed by atoms with Crippen molar-refractivity contribution in [1.82, 2.24) is 19.7 Å². The molecule has 2 aromatic heterocycles. The largest absolute Gasteiger partial charge is 0.361 e. The van der Waals surface area contributed by atoms with Crippen LogP contribution in [0, 0.1) is 11.7 Å². The van der Waals surface area contributed by atoms with Gasteiger partial charge in [0, 0.05) is 28.0 Å². The topological polar surface area (TPSA) is 49.4 Å². The van der Waals surface area contributed by atoms with Gasteiger partial charge in [-0.1, -0.05) is 24.3 Å². The first kappa shape index (κ1) is 15.4. The van der Waals surface area contributed by atoms with Gasteiger partial charge < -0.3 is 4.98 Å². The van der Waals surface area contributed by atoms with Crippen molar-refractivity contribution < 1.29 is 0 Å². The molecule has 2 heterocycles. The summed E-state index contributed by atoms with van der Waals surface area (Å²) in [5.41, 5.74) is 4.52. The predicted octanol–water partition coefficient (Wildman–Crippen LogP) is 5.07. The Labute approximate surface area is 152 Å². The van der Waals surface area contributed by atoms with E-state index in [0.29, 0.717) is 11.2 Å². The number of hydrogen-bond donors (Lipinski definition) is 2. The Morgan fingerprint density at radius 3 is 2.88 bits per heavy atom. The van der Waals surface area contributed by atoms with Gasteiger partial charge in [0.2, 0.25) is 0 Å². The molecular weight excluding hydrogens is 384 g/mol. The Balaban J connectivity index is 1.82. The lowest BCUT2D eigenvalue weighted by Gasteiger charge is -2.09. The van der Waals surface area contributed by atoms with Crippen LogP contribution in [-0.4, -0.2) is 19.7 Å². The number of fused-ring (bicyclic) bond motifs is 1. The van der Waals surface area contributed by atoms with E-state index in [1.54, 1.807) is 0 Å². The predicted molar refractivity (Wildman–Crippen MR) is 102 cm³/mol. The number of aromatic nitrogens is 4. The van der Waals surface area contributed by atoms with E-state index in [1.807, 2.05) is 22.9 Å². The number of aryl methyl sites for hydroxylation is 1. The highest BCUT2D eigenvalue weighted by Gasteiger charge is 2.14. The number of nitrogens with one attached hydrogen (secondary N) is 2. The Bertz CT molecular complexity index is 1090. The normalized spacial score (nSPS) is 11.2. The molecule has 0 fully saturated rings. The number of benzene rings is 2. The first-order valence-electron chi connectivity index (χ1n) is 7.61. The first-order chi connectivity index (χ1) is 11.6. The average Bonchev–Trinajstić information content (AvgIpc) is 3.13. The van der Waals surface area contributed by atoms with E-state index in [9.17, 15) is 0 Å². The minimum atomic E-state index is 0.592. The molecule has 0 saturated heterocycles. The van der Waals surface area contributed by atoms with Gasteiger partial charge in [-0.3, -0.25) is 9.67 Å². The summed E-state index contributed by atoms with van der Waals surface area (Å²) in [5, 5.41) is 8.58. The second-order valence-electron chi connectivity index (χ2n) is 5.77. The number of halogens is 1. The molecule has 0 radical (unpaired) electrons. The van der Waals surface area contributed by atoms with E-state index in [1.165, 1.54) is 16.5 Å². The lowest BCUT2D eigenvalue weighted by Crippen LogP contribution is -2.03. The van der Waals surface area contributed by atoms with Gasteiger partial charge >= 0.3 is 0 Å². The van der Waals surface area contributed by atoms with Crippen LogP contribution in [0.2, 0.25) is 0 Å². The summed E-state index contributed by atoms with van der Waals surface area (Å²) in [4.78, 5) is 3.31. The molecule has 4 aromatic rings. The Hall–Kier alpha value is -2.18. The summed E-state index contributed by atoms with van der Waals surface area (Å²) < 4.78 is 3.58. The molecule has 2 aromatic carbocycles. The second-order valence-corrected chi connectivity index (χ2v) is 7.01. The van der Waals surface area contributed by atoms with Crippen molar-refractivity contribution in [2.24, 2.45) is 0 Å². The summed E-state index contributed by atoms with van der Waals surface area (Å²) in [6.07, 6.45) is 2.73. The molecule has 0 aliphatic carbocycles. The van der Waals surface area contributed by atoms with Gasteiger partial charge in [0.25, 0.3) is 0 Å². The third-order valence-electron chi connectivity index (χ3n) is 4.11. The van der Waals surface area contributed by atoms with Crippen molar-refractivity contribution in [3.05, 3.63) is 74.9 Å². The van der Waals surface area contributed by atoms with Gasteiger partial charge in [0.1, 0.15) is 5.82 Å². The smallest absolute Gasteiger partial charge is 0.199 e. The lowest BCUT2D eigenvalue weighted by atomic mass is 10.1. The maximum atomic E-state index is 5.46. The van der Waals surface area contributed by atoms with Crippen LogP contribution in [0.4, 0.5) is 0 Å². The molecule has 0 spiro atoms. The van der Waals surface area contributed by atoms with E-state index in [-0.39, 0.29) is 0 Å². The zero-order chi connectivity index (χ0) is 16.7. The molecule has 0 amide bonds. The Morgan fingerprint density at radius 1 is 1.21 bits per heavy atom. The third kappa shape index (κ3) is 2.61. The van der Waals surface area contributed by atoms with Crippen molar-refractivity contribution in [1.29, 1.82) is 0 Å². The number of para-hydroxylation sites is 1. The van der Waals surface area contributed by atoms with Gasteiger partial charge in [-0.15, -0.1) is 0 Å². The Morgan fingerprint density at radius 2 is 2.04 bits per heavy atom. The maximum Gasteiger partial charge on any atom is 0.199 e. The number of aromatic amines is 2. The summed E-state index contributed by atoms with van der Waals surface area (Å²) in [5.74, 6) is 0.884. The zero-order valence-corrected chi connectivity index (χ0v) is 15.4. The number of nitrogens with zero attached hydrogens (tertiary/aromatic N) is 2. The van der Waals surface area contributed by atoms with Crippen molar-refractivity contribution >= 4 is 39.1 Å². The van der Waals surface area contributed by atoms with Crippen LogP contribution < -0.4 is 0 Å². The number of rotatable bonds is 3. The standard InChI is InChI=1S/C18H15BrN4S/c1-11-6-7-16(14(19)8-11)23-17(21-22-18(23)24)9-12-10-20-15-5-3-2-4-13(12)15/h2-8,10,20H,9H2,1H3,(H,22,24). The van der Waals surface area contributed by atoms with E-state index in [2.05, 4.69) is 68.4 Å². The van der Waals surface area contributed by atoms with Crippen LogP contribution >= 0.6 is 28.1 Å². The molecular formula is C18H15BrN4S. The zero-order valence-electron chi connectivity index (χ0n) is 13.0. The van der Waals surface area contributed by atoms with Gasteiger partial charge in [0.15, 0.2) is 4.77 Å². The monoisotopic (exact) mass is 398 g/mol. The van der Waals surface area contributed by atoms with Crippen LogP contribution in [-0.2, 0) is 6.42 Å². The minimum Gasteiger partial charge on any atom is -0.361 e. The summed E-state index contributed by atoms with van der Waals surface area (Å²) in [7, 11) is 0. The van der Waals surface area contributed by atoms with Gasteiger partial charge in [-0.05, 0) is 64.4 Å². The van der Waals surface area contributed by atoms with Crippen molar-refractivity contribution in [3.63, 3.8) is 0 Å². The molecule has 0 bridgehead atoms. The Kier molecular flexibility index (Phi) is 3.86. The van der Waals surface area contributed by atoms with E-state index < -0.39 is 0 Å². The molecule has 120 valence electrons. The molecule has 6 heteroatoms. The van der Waals surface area contributed by atoms with E-state index in [0.717, 1.165) is 21.5 Å². The fourth-order valence-electron chi connectivity index (χ4n) is 2.94. The summed E-state index contributed by atoms with van der Waals surface area (Å²) >= 11 is 9.09. The SMILES string of the molecule is Cc1ccc(-n2c(Cc3c[nH]c4ccccc34)n[nH]c2=S)c(Br)c1. The van der Waals surface area contributed by atoms with Crippen LogP contribution in [0.3, 0.4) is 0 Å². The van der Waals surface area contributed by atoms with Crippen LogP contribution in [0.15, 0.2) is 53.1 Å². The molecule has 4 rings (SSSR count). The maximum absolute atomic E-state index is 5.46. The van der Waals surface area contributed by atoms with Gasteiger partial charge in [0.05, 0.1) is 5.69 Å². The fraction of sp³-hybridized carbons (Fsp3) is 0.111. The molecule has 0 unspecified atom stereocenters. The third-order valence-corrected chi connectivity index (χ3v) is 5.02. The number of hydrogen-bond acceptors (Lipinski definition) is 2. The highest BCUT2D eigenvalue weighted by molar-refractivity contribution is 9.10. The first-order valence-corrected chi connectivity index (χ1v) is 8.81. The van der Waals surface area contributed by atoms with Crippen LogP contribution in [0.1, 0.15) is 17.0 Å². The second kappa shape index (κ2) is 6.03. The van der Waals surface area contributed by atoms with Gasteiger partial charge in [-0.2, -0.15) is 5.10 Å². The minimum absolute atomic E-state index is 0.592. The van der Waals surface area contributed by atoms with Crippen molar-refractivity contribution in [2.75, 3.05) is 0 Å². The molecule has 24 heavy (non-hydrogen) atoms. The lowest BCUT2D eigenvalue weighted by molar-refractivity contribution is 0.902. The molecule has 0 saturated carbocycles. The van der Waals surface area contributed by atoms with Crippen LogP contribution in [0.25, 0.3) is 16.6 Å². The molecule has 4 nitrogen and oxygen atoms in total. The quantitative estimate of drug-likeness (QED) is 0.473. The summed E-state index contributed by atoms with van der Waals surface area (Å²) in [6, 6.07) is 14.5. The highest BCUT2D eigenvalue weighted by atomic mass is 79.9. The highest BCUT2D eigenvalue weighted by Crippen LogP contribution is 2.26. The molecule has 0 atom stereocenters. The summed E-state index contributed by atoms with van der Waals surface area (Å²) in [6.45, 7) is 2.07. The molecule has 0 aliphatic heterocycles. The van der Waals surface area contributed by atoms with Crippen molar-refractivity contribution in [2.45, 2.75) is 13.3 Å².